The van der Waals surface area contributed by atoms with Gasteiger partial charge in [-0.2, -0.15) is 0 Å². The van der Waals surface area contributed by atoms with Crippen molar-refractivity contribution < 1.29 is 4.74 Å². The van der Waals surface area contributed by atoms with Crippen LogP contribution in [0.25, 0.3) is 0 Å². The molecule has 1 aromatic heterocycles. The zero-order valence-electron chi connectivity index (χ0n) is 10.6. The Morgan fingerprint density at radius 3 is 2.47 bits per heavy atom. The lowest BCUT2D eigenvalue weighted by molar-refractivity contribution is 0.128. The summed E-state index contributed by atoms with van der Waals surface area (Å²) in [6.07, 6.45) is 1.83. The molecule has 1 aromatic carbocycles. The zero-order valence-corrected chi connectivity index (χ0v) is 10.6. The minimum atomic E-state index is 0.00219. The first-order valence-electron chi connectivity index (χ1n) is 6.51. The van der Waals surface area contributed by atoms with Crippen LogP contribution in [0.5, 0.6) is 5.75 Å². The average Bonchev–Trinajstić information content (AvgIpc) is 2.50. The normalized spacial score (nSPS) is 22.9. The lowest BCUT2D eigenvalue weighted by Crippen LogP contribution is -2.52. The lowest BCUT2D eigenvalue weighted by Gasteiger charge is -2.31. The summed E-state index contributed by atoms with van der Waals surface area (Å²) in [5.41, 5.74) is 1.06. The number of aromatic nitrogens is 1. The fraction of sp³-hybridized carbons (Fsp3) is 0.267. The molecular formula is C15H17N3O. The van der Waals surface area contributed by atoms with Gasteiger partial charge < -0.3 is 10.1 Å². The van der Waals surface area contributed by atoms with Crippen molar-refractivity contribution >= 4 is 0 Å². The molecule has 19 heavy (non-hydrogen) atoms. The second-order valence-corrected chi connectivity index (χ2v) is 4.54. The van der Waals surface area contributed by atoms with Crippen LogP contribution in [-0.4, -0.2) is 24.3 Å². The van der Waals surface area contributed by atoms with Crippen LogP contribution in [0.2, 0.25) is 0 Å². The van der Waals surface area contributed by atoms with Gasteiger partial charge in [-0.3, -0.25) is 10.3 Å². The molecule has 2 heterocycles. The first-order chi connectivity index (χ1) is 9.42. The number of para-hydroxylation sites is 1. The van der Waals surface area contributed by atoms with Gasteiger partial charge in [0.05, 0.1) is 11.7 Å². The van der Waals surface area contributed by atoms with Gasteiger partial charge in [-0.25, -0.2) is 0 Å². The molecule has 1 aliphatic heterocycles. The maximum atomic E-state index is 5.85. The molecule has 0 radical (unpaired) electrons. The van der Waals surface area contributed by atoms with Crippen molar-refractivity contribution in [1.29, 1.82) is 0 Å². The van der Waals surface area contributed by atoms with E-state index < -0.39 is 0 Å². The van der Waals surface area contributed by atoms with Crippen molar-refractivity contribution in [3.05, 3.63) is 60.4 Å². The largest absolute Gasteiger partial charge is 0.474 e. The third kappa shape index (κ3) is 3.10. The molecule has 1 aliphatic rings. The molecular weight excluding hydrogens is 238 g/mol. The van der Waals surface area contributed by atoms with E-state index in [2.05, 4.69) is 15.6 Å². The van der Waals surface area contributed by atoms with Crippen LogP contribution in [0.15, 0.2) is 54.7 Å². The zero-order chi connectivity index (χ0) is 12.9. The first kappa shape index (κ1) is 12.1. The quantitative estimate of drug-likeness (QED) is 0.876. The van der Waals surface area contributed by atoms with Crippen LogP contribution >= 0.6 is 0 Å². The number of hydrogen-bond acceptors (Lipinski definition) is 4. The van der Waals surface area contributed by atoms with Gasteiger partial charge in [0.15, 0.2) is 6.23 Å². The van der Waals surface area contributed by atoms with Crippen molar-refractivity contribution in [2.24, 2.45) is 0 Å². The molecule has 3 rings (SSSR count). The maximum Gasteiger partial charge on any atom is 0.162 e. The molecule has 0 bridgehead atoms. The van der Waals surface area contributed by atoms with Crippen LogP contribution in [0.1, 0.15) is 11.7 Å². The third-order valence-electron chi connectivity index (χ3n) is 3.17. The molecule has 1 saturated heterocycles. The molecule has 2 unspecified atom stereocenters. The van der Waals surface area contributed by atoms with Crippen LogP contribution < -0.4 is 15.4 Å². The van der Waals surface area contributed by atoms with Gasteiger partial charge in [-0.1, -0.05) is 24.3 Å². The minimum absolute atomic E-state index is 0.00219. The molecule has 4 heteroatoms. The fourth-order valence-corrected chi connectivity index (χ4v) is 2.18. The van der Waals surface area contributed by atoms with Crippen LogP contribution in [-0.2, 0) is 0 Å². The van der Waals surface area contributed by atoms with E-state index in [1.165, 1.54) is 0 Å². The second kappa shape index (κ2) is 5.82. The number of ether oxygens (including phenoxy) is 1. The van der Waals surface area contributed by atoms with Crippen LogP contribution in [0.4, 0.5) is 0 Å². The summed E-state index contributed by atoms with van der Waals surface area (Å²) in [7, 11) is 0. The van der Waals surface area contributed by atoms with Crippen molar-refractivity contribution in [2.75, 3.05) is 13.1 Å². The Morgan fingerprint density at radius 1 is 0.947 bits per heavy atom. The Morgan fingerprint density at radius 2 is 1.79 bits per heavy atom. The van der Waals surface area contributed by atoms with Crippen molar-refractivity contribution in [1.82, 2.24) is 15.6 Å². The predicted octanol–water partition coefficient (Wildman–Crippen LogP) is 1.72. The van der Waals surface area contributed by atoms with Gasteiger partial charge >= 0.3 is 0 Å². The summed E-state index contributed by atoms with van der Waals surface area (Å²) in [6.45, 7) is 1.57. The minimum Gasteiger partial charge on any atom is -0.474 e. The number of hydrogen-bond donors (Lipinski definition) is 2. The Bertz CT molecular complexity index is 495. The smallest absolute Gasteiger partial charge is 0.162 e. The van der Waals surface area contributed by atoms with E-state index in [4.69, 9.17) is 4.74 Å². The van der Waals surface area contributed by atoms with E-state index in [9.17, 15) is 0 Å². The number of benzene rings is 1. The lowest BCUT2D eigenvalue weighted by atomic mass is 10.1. The Kier molecular flexibility index (Phi) is 3.72. The van der Waals surface area contributed by atoms with E-state index in [1.807, 2.05) is 54.7 Å². The standard InChI is InChI=1S/C15H17N3O/c1-2-6-12(7-3-1)19-15-11-17-14(10-18-15)13-8-4-5-9-16-13/h1-9,14-15,17-18H,10-11H2. The Labute approximate surface area is 112 Å². The molecule has 0 saturated carbocycles. The summed E-state index contributed by atoms with van der Waals surface area (Å²) in [5, 5.41) is 6.85. The number of nitrogens with zero attached hydrogens (tertiary/aromatic N) is 1. The summed E-state index contributed by atoms with van der Waals surface area (Å²) in [6, 6.07) is 16.1. The maximum absolute atomic E-state index is 5.85. The van der Waals surface area contributed by atoms with Gasteiger partial charge in [0.25, 0.3) is 0 Å². The molecule has 98 valence electrons. The molecule has 0 amide bonds. The van der Waals surface area contributed by atoms with Gasteiger partial charge in [0, 0.05) is 19.3 Å². The third-order valence-corrected chi connectivity index (χ3v) is 3.17. The number of pyridine rings is 1. The summed E-state index contributed by atoms with van der Waals surface area (Å²) >= 11 is 0. The Balaban J connectivity index is 1.55. The van der Waals surface area contributed by atoms with E-state index in [0.29, 0.717) is 0 Å². The molecule has 2 aromatic rings. The van der Waals surface area contributed by atoms with E-state index in [0.717, 1.165) is 24.5 Å². The molecule has 0 spiro atoms. The SMILES string of the molecule is c1ccc(OC2CNC(c3ccccn3)CN2)cc1. The number of rotatable bonds is 3. The topological polar surface area (TPSA) is 46.2 Å². The van der Waals surface area contributed by atoms with Gasteiger partial charge in [0.1, 0.15) is 5.75 Å². The molecule has 4 nitrogen and oxygen atoms in total. The van der Waals surface area contributed by atoms with E-state index in [-0.39, 0.29) is 12.3 Å². The summed E-state index contributed by atoms with van der Waals surface area (Å²) < 4.78 is 5.85. The monoisotopic (exact) mass is 255 g/mol. The molecule has 0 aliphatic carbocycles. The summed E-state index contributed by atoms with van der Waals surface area (Å²) in [5.74, 6) is 0.887. The molecule has 2 N–H and O–H groups in total. The second-order valence-electron chi connectivity index (χ2n) is 4.54. The highest BCUT2D eigenvalue weighted by atomic mass is 16.5. The highest BCUT2D eigenvalue weighted by Gasteiger charge is 2.22. The number of piperazine rings is 1. The average molecular weight is 255 g/mol. The van der Waals surface area contributed by atoms with Crippen molar-refractivity contribution in [3.63, 3.8) is 0 Å². The van der Waals surface area contributed by atoms with E-state index in [1.54, 1.807) is 0 Å². The fourth-order valence-electron chi connectivity index (χ4n) is 2.18. The first-order valence-corrected chi connectivity index (χ1v) is 6.51. The van der Waals surface area contributed by atoms with Crippen molar-refractivity contribution in [2.45, 2.75) is 12.3 Å². The van der Waals surface area contributed by atoms with Gasteiger partial charge in [-0.15, -0.1) is 0 Å². The Hall–Kier alpha value is -1.91. The molecule has 1 fully saturated rings. The molecule has 2 atom stereocenters. The predicted molar refractivity (Wildman–Crippen MR) is 73.8 cm³/mol. The van der Waals surface area contributed by atoms with Crippen LogP contribution in [0.3, 0.4) is 0 Å². The highest BCUT2D eigenvalue weighted by molar-refractivity contribution is 5.21. The highest BCUT2D eigenvalue weighted by Crippen LogP contribution is 2.14. The van der Waals surface area contributed by atoms with E-state index >= 15 is 0 Å². The van der Waals surface area contributed by atoms with Crippen molar-refractivity contribution in [3.8, 4) is 5.75 Å². The van der Waals surface area contributed by atoms with Gasteiger partial charge in [-0.05, 0) is 24.3 Å². The number of nitrogens with one attached hydrogen (secondary N) is 2. The summed E-state index contributed by atoms with van der Waals surface area (Å²) in [4.78, 5) is 4.37. The van der Waals surface area contributed by atoms with Crippen LogP contribution in [0, 0.1) is 0 Å². The van der Waals surface area contributed by atoms with Gasteiger partial charge in [0.2, 0.25) is 0 Å².